The molecule has 25 heavy (non-hydrogen) atoms. The van der Waals surface area contributed by atoms with E-state index in [1.165, 1.54) is 0 Å². The van der Waals surface area contributed by atoms with Gasteiger partial charge in [-0.1, -0.05) is 27.5 Å². The van der Waals surface area contributed by atoms with Gasteiger partial charge in [0.15, 0.2) is 0 Å². The predicted octanol–water partition coefficient (Wildman–Crippen LogP) is 3.26. The average Bonchev–Trinajstić information content (AvgIpc) is 3.01. The molecule has 4 rings (SSSR count). The third-order valence-electron chi connectivity index (χ3n) is 4.83. The first-order valence-electron chi connectivity index (χ1n) is 8.17. The highest BCUT2D eigenvalue weighted by Gasteiger charge is 2.35. The third kappa shape index (κ3) is 3.06. The monoisotopic (exact) mass is 420 g/mol. The fraction of sp³-hybridized carbons (Fsp3) is 0.353. The van der Waals surface area contributed by atoms with Crippen LogP contribution in [0.4, 0.5) is 0 Å². The van der Waals surface area contributed by atoms with Gasteiger partial charge in [-0.3, -0.25) is 4.40 Å². The van der Waals surface area contributed by atoms with Crippen LogP contribution < -0.4 is 11.5 Å². The van der Waals surface area contributed by atoms with E-state index in [-0.39, 0.29) is 6.04 Å². The lowest BCUT2D eigenvalue weighted by atomic mass is 9.80. The molecule has 0 atom stereocenters. The molecule has 3 heterocycles. The molecule has 0 spiro atoms. The van der Waals surface area contributed by atoms with Crippen LogP contribution in [0.25, 0.3) is 17.0 Å². The van der Waals surface area contributed by atoms with Crippen LogP contribution in [0, 0.1) is 0 Å². The van der Waals surface area contributed by atoms with E-state index in [9.17, 15) is 0 Å². The van der Waals surface area contributed by atoms with Gasteiger partial charge >= 0.3 is 0 Å². The van der Waals surface area contributed by atoms with Crippen LogP contribution in [0.15, 0.2) is 35.2 Å². The summed E-state index contributed by atoms with van der Waals surface area (Å²) in [6.07, 6.45) is 8.62. The molecule has 6 nitrogen and oxygen atoms in total. The third-order valence-corrected chi connectivity index (χ3v) is 5.60. The summed E-state index contributed by atoms with van der Waals surface area (Å²) in [7, 11) is 0. The molecule has 1 saturated carbocycles. The van der Waals surface area contributed by atoms with Crippen molar-refractivity contribution in [2.45, 2.75) is 37.3 Å². The van der Waals surface area contributed by atoms with Crippen molar-refractivity contribution in [2.24, 2.45) is 11.5 Å². The van der Waals surface area contributed by atoms with Crippen molar-refractivity contribution in [3.8, 4) is 11.4 Å². The predicted molar refractivity (Wildman–Crippen MR) is 101 cm³/mol. The van der Waals surface area contributed by atoms with Gasteiger partial charge in [0.2, 0.25) is 0 Å². The molecule has 0 saturated heterocycles. The molecule has 8 heteroatoms. The Balaban J connectivity index is 1.80. The van der Waals surface area contributed by atoms with Crippen LogP contribution in [0.3, 0.4) is 0 Å². The Kier molecular flexibility index (Phi) is 4.27. The normalized spacial score (nSPS) is 23.9. The molecule has 130 valence electrons. The Morgan fingerprint density at radius 3 is 2.76 bits per heavy atom. The zero-order chi connectivity index (χ0) is 17.6. The first-order chi connectivity index (χ1) is 12.0. The van der Waals surface area contributed by atoms with Crippen molar-refractivity contribution < 1.29 is 0 Å². The Morgan fingerprint density at radius 1 is 1.24 bits per heavy atom. The molecule has 1 fully saturated rings. The highest BCUT2D eigenvalue weighted by Crippen LogP contribution is 2.35. The molecule has 1 aliphatic rings. The van der Waals surface area contributed by atoms with Gasteiger partial charge in [-0.25, -0.2) is 15.0 Å². The van der Waals surface area contributed by atoms with Gasteiger partial charge in [-0.2, -0.15) is 0 Å². The zero-order valence-electron chi connectivity index (χ0n) is 13.5. The van der Waals surface area contributed by atoms with Crippen molar-refractivity contribution in [1.29, 1.82) is 0 Å². The minimum atomic E-state index is -0.557. The Morgan fingerprint density at radius 2 is 2.00 bits per heavy atom. The Bertz CT molecular complexity index is 932. The number of hydrogen-bond acceptors (Lipinski definition) is 5. The van der Waals surface area contributed by atoms with Gasteiger partial charge in [-0.15, -0.1) is 0 Å². The summed E-state index contributed by atoms with van der Waals surface area (Å²) in [5.74, 6) is 0.617. The summed E-state index contributed by atoms with van der Waals surface area (Å²) in [5, 5.41) is 0.476. The first-order valence-corrected chi connectivity index (χ1v) is 9.34. The lowest BCUT2D eigenvalue weighted by molar-refractivity contribution is 0.265. The van der Waals surface area contributed by atoms with E-state index in [4.69, 9.17) is 28.1 Å². The number of aromatic nitrogens is 4. The quantitative estimate of drug-likeness (QED) is 0.662. The second-order valence-electron chi connectivity index (χ2n) is 6.60. The van der Waals surface area contributed by atoms with E-state index in [1.54, 1.807) is 12.4 Å². The maximum Gasteiger partial charge on any atom is 0.148 e. The van der Waals surface area contributed by atoms with Crippen LogP contribution in [0.2, 0.25) is 5.02 Å². The largest absolute Gasteiger partial charge is 0.328 e. The summed E-state index contributed by atoms with van der Waals surface area (Å²) < 4.78 is 2.91. The van der Waals surface area contributed by atoms with Crippen LogP contribution in [0.1, 0.15) is 31.5 Å². The second-order valence-corrected chi connectivity index (χ2v) is 7.92. The molecular weight excluding hydrogens is 404 g/mol. The molecule has 0 unspecified atom stereocenters. The van der Waals surface area contributed by atoms with E-state index in [2.05, 4.69) is 25.9 Å². The molecule has 3 aromatic rings. The summed E-state index contributed by atoms with van der Waals surface area (Å²) in [4.78, 5) is 13.6. The minimum Gasteiger partial charge on any atom is -0.328 e. The van der Waals surface area contributed by atoms with Crippen molar-refractivity contribution in [3.63, 3.8) is 0 Å². The number of halogens is 2. The van der Waals surface area contributed by atoms with E-state index >= 15 is 0 Å². The second kappa shape index (κ2) is 6.32. The molecule has 0 radical (unpaired) electrons. The fourth-order valence-corrected chi connectivity index (χ4v) is 3.81. The van der Waals surface area contributed by atoms with Gasteiger partial charge in [-0.05, 0) is 37.8 Å². The van der Waals surface area contributed by atoms with Crippen LogP contribution in [-0.4, -0.2) is 25.4 Å². The average molecular weight is 422 g/mol. The molecule has 3 aromatic heterocycles. The highest BCUT2D eigenvalue weighted by atomic mass is 79.9. The van der Waals surface area contributed by atoms with Crippen molar-refractivity contribution in [1.82, 2.24) is 19.4 Å². The Labute approximate surface area is 158 Å². The molecule has 4 N–H and O–H groups in total. The number of rotatable bonds is 2. The number of hydrogen-bond donors (Lipinski definition) is 2. The van der Waals surface area contributed by atoms with Crippen LogP contribution in [-0.2, 0) is 5.54 Å². The Hall–Kier alpha value is -1.54. The molecule has 0 amide bonds. The lowest BCUT2D eigenvalue weighted by Gasteiger charge is -2.34. The van der Waals surface area contributed by atoms with Crippen LogP contribution >= 0.6 is 27.5 Å². The van der Waals surface area contributed by atoms with Gasteiger partial charge in [0.1, 0.15) is 17.2 Å². The maximum absolute atomic E-state index is 6.60. The van der Waals surface area contributed by atoms with Gasteiger partial charge in [0.05, 0.1) is 22.5 Å². The van der Waals surface area contributed by atoms with Crippen LogP contribution in [0.5, 0.6) is 0 Å². The standard InChI is InChI=1S/C17H18BrClN6/c18-10-3-6-25-13(9-22-14(25)7-10)15-12(19)8-23-16(24-15)17(21)4-1-11(20)2-5-17/h3,6-9,11H,1-2,4-5,20-21H2. The fourth-order valence-electron chi connectivity index (χ4n) is 3.30. The topological polar surface area (TPSA) is 95.1 Å². The zero-order valence-corrected chi connectivity index (χ0v) is 15.8. The molecule has 0 bridgehead atoms. The number of nitrogens with zero attached hydrogens (tertiary/aromatic N) is 4. The summed E-state index contributed by atoms with van der Waals surface area (Å²) in [5.41, 5.74) is 14.3. The lowest BCUT2D eigenvalue weighted by Crippen LogP contribution is -2.45. The van der Waals surface area contributed by atoms with Crippen molar-refractivity contribution >= 4 is 33.2 Å². The first kappa shape index (κ1) is 16.9. The number of imidazole rings is 1. The number of nitrogens with two attached hydrogens (primary N) is 2. The smallest absolute Gasteiger partial charge is 0.148 e. The van der Waals surface area contributed by atoms with E-state index in [1.807, 2.05) is 22.7 Å². The summed E-state index contributed by atoms with van der Waals surface area (Å²) in [6.45, 7) is 0. The number of fused-ring (bicyclic) bond motifs is 1. The molecule has 0 aromatic carbocycles. The van der Waals surface area contributed by atoms with Crippen molar-refractivity contribution in [3.05, 3.63) is 46.0 Å². The number of pyridine rings is 1. The maximum atomic E-state index is 6.60. The summed E-state index contributed by atoms with van der Waals surface area (Å²) in [6, 6.07) is 4.09. The molecular formula is C17H18BrClN6. The SMILES string of the molecule is NC1CCC(N)(c2ncc(Cl)c(-c3cnc4cc(Br)ccn34)n2)CC1. The van der Waals surface area contributed by atoms with E-state index < -0.39 is 5.54 Å². The van der Waals surface area contributed by atoms with E-state index in [0.717, 1.165) is 41.5 Å². The molecule has 1 aliphatic carbocycles. The van der Waals surface area contributed by atoms with Crippen molar-refractivity contribution in [2.75, 3.05) is 0 Å². The minimum absolute atomic E-state index is 0.209. The van der Waals surface area contributed by atoms with Gasteiger partial charge < -0.3 is 11.5 Å². The molecule has 0 aliphatic heterocycles. The van der Waals surface area contributed by atoms with Gasteiger partial charge in [0.25, 0.3) is 0 Å². The highest BCUT2D eigenvalue weighted by molar-refractivity contribution is 9.10. The van der Waals surface area contributed by atoms with E-state index in [0.29, 0.717) is 16.5 Å². The summed E-state index contributed by atoms with van der Waals surface area (Å²) >= 11 is 9.85. The van der Waals surface area contributed by atoms with Gasteiger partial charge in [0, 0.05) is 22.9 Å².